The number of hydrogen-bond acceptors (Lipinski definition) is 3. The van der Waals surface area contributed by atoms with E-state index in [1.54, 1.807) is 13.2 Å². The molecule has 0 heterocycles. The van der Waals surface area contributed by atoms with Crippen molar-refractivity contribution in [1.82, 2.24) is 0 Å². The first-order valence-corrected chi connectivity index (χ1v) is 7.30. The molecular weight excluding hydrogens is 306 g/mol. The quantitative estimate of drug-likeness (QED) is 0.612. The highest BCUT2D eigenvalue weighted by atomic mass is 79.9. The molecule has 4 heteroatoms. The van der Waals surface area contributed by atoms with E-state index in [0.29, 0.717) is 5.92 Å². The lowest BCUT2D eigenvalue weighted by atomic mass is 9.71. The van der Waals surface area contributed by atoms with Crippen LogP contribution in [0.25, 0.3) is 0 Å². The van der Waals surface area contributed by atoms with Crippen molar-refractivity contribution in [3.8, 4) is 5.75 Å². The smallest absolute Gasteiger partial charge is 0.235 e. The molecule has 1 aliphatic rings. The first kappa shape index (κ1) is 14.3. The number of aliphatic imine (C=N–C) groups is 1. The highest BCUT2D eigenvalue weighted by Crippen LogP contribution is 2.49. The number of halogens is 1. The zero-order chi connectivity index (χ0) is 14.0. The Morgan fingerprint density at radius 2 is 2.11 bits per heavy atom. The second-order valence-electron chi connectivity index (χ2n) is 5.32. The molecule has 0 aliphatic heterocycles. The monoisotopic (exact) mass is 323 g/mol. The molecule has 0 saturated heterocycles. The van der Waals surface area contributed by atoms with E-state index in [0.717, 1.165) is 35.0 Å². The standard InChI is InChI=1S/C15H18BrNO2/c1-10(2)11-7-14(19-3)12(8-13(11)16)15(17-9-18)5-4-6-15/h7-8,10H,4-6H2,1-3H3. The Morgan fingerprint density at radius 1 is 1.42 bits per heavy atom. The van der Waals surface area contributed by atoms with Gasteiger partial charge >= 0.3 is 0 Å². The summed E-state index contributed by atoms with van der Waals surface area (Å²) in [6.07, 6.45) is 4.56. The predicted octanol–water partition coefficient (Wildman–Crippen LogP) is 4.30. The molecule has 0 spiro atoms. The Kier molecular flexibility index (Phi) is 4.12. The van der Waals surface area contributed by atoms with E-state index in [1.165, 1.54) is 5.56 Å². The minimum atomic E-state index is -0.425. The van der Waals surface area contributed by atoms with E-state index in [9.17, 15) is 4.79 Å². The molecule has 1 aliphatic carbocycles. The third kappa shape index (κ3) is 2.47. The summed E-state index contributed by atoms with van der Waals surface area (Å²) in [5, 5.41) is 0. The topological polar surface area (TPSA) is 38.7 Å². The normalized spacial score (nSPS) is 16.7. The fourth-order valence-corrected chi connectivity index (χ4v) is 3.39. The van der Waals surface area contributed by atoms with Crippen molar-refractivity contribution in [1.29, 1.82) is 0 Å². The Hall–Kier alpha value is -1.12. The second kappa shape index (κ2) is 5.48. The molecule has 0 unspecified atom stereocenters. The van der Waals surface area contributed by atoms with Gasteiger partial charge in [-0.1, -0.05) is 29.8 Å². The van der Waals surface area contributed by atoms with E-state index < -0.39 is 5.54 Å². The average molecular weight is 324 g/mol. The molecule has 1 saturated carbocycles. The fraction of sp³-hybridized carbons (Fsp3) is 0.533. The van der Waals surface area contributed by atoms with Crippen LogP contribution >= 0.6 is 15.9 Å². The van der Waals surface area contributed by atoms with Gasteiger partial charge in [0.25, 0.3) is 0 Å². The van der Waals surface area contributed by atoms with Crippen LogP contribution in [0.3, 0.4) is 0 Å². The highest BCUT2D eigenvalue weighted by Gasteiger charge is 2.41. The van der Waals surface area contributed by atoms with Crippen molar-refractivity contribution >= 4 is 22.0 Å². The van der Waals surface area contributed by atoms with Gasteiger partial charge < -0.3 is 4.74 Å². The summed E-state index contributed by atoms with van der Waals surface area (Å²) >= 11 is 3.61. The molecule has 1 aromatic carbocycles. The number of nitrogens with zero attached hydrogens (tertiary/aromatic N) is 1. The van der Waals surface area contributed by atoms with Gasteiger partial charge in [-0.15, -0.1) is 0 Å². The van der Waals surface area contributed by atoms with Gasteiger partial charge in [-0.05, 0) is 42.9 Å². The van der Waals surface area contributed by atoms with Crippen LogP contribution in [0, 0.1) is 0 Å². The first-order valence-electron chi connectivity index (χ1n) is 6.51. The molecular formula is C15H18BrNO2. The van der Waals surface area contributed by atoms with Crippen LogP contribution in [0.2, 0.25) is 0 Å². The van der Waals surface area contributed by atoms with Crippen molar-refractivity contribution < 1.29 is 9.53 Å². The van der Waals surface area contributed by atoms with Crippen LogP contribution < -0.4 is 4.74 Å². The molecule has 0 aromatic heterocycles. The Bertz CT molecular complexity index is 529. The maximum atomic E-state index is 10.7. The number of hydrogen-bond donors (Lipinski definition) is 0. The summed E-state index contributed by atoms with van der Waals surface area (Å²) in [4.78, 5) is 14.8. The third-order valence-corrected chi connectivity index (χ3v) is 4.57. The lowest BCUT2D eigenvalue weighted by Crippen LogP contribution is -2.32. The number of benzene rings is 1. The third-order valence-electron chi connectivity index (χ3n) is 3.88. The first-order chi connectivity index (χ1) is 9.04. The summed E-state index contributed by atoms with van der Waals surface area (Å²) in [6, 6.07) is 4.10. The second-order valence-corrected chi connectivity index (χ2v) is 6.17. The molecule has 0 radical (unpaired) electrons. The number of methoxy groups -OCH3 is 1. The Labute approximate surface area is 122 Å². The van der Waals surface area contributed by atoms with Gasteiger partial charge in [-0.2, -0.15) is 4.99 Å². The minimum Gasteiger partial charge on any atom is -0.496 e. The van der Waals surface area contributed by atoms with Crippen molar-refractivity contribution in [3.63, 3.8) is 0 Å². The zero-order valence-electron chi connectivity index (χ0n) is 11.5. The number of ether oxygens (including phenoxy) is 1. The van der Waals surface area contributed by atoms with Crippen LogP contribution in [-0.4, -0.2) is 13.2 Å². The Morgan fingerprint density at radius 3 is 2.53 bits per heavy atom. The van der Waals surface area contributed by atoms with Crippen LogP contribution in [0.15, 0.2) is 21.6 Å². The SMILES string of the molecule is COc1cc(C(C)C)c(Br)cc1C1(N=C=O)CCC1. The van der Waals surface area contributed by atoms with Crippen LogP contribution in [0.5, 0.6) is 5.75 Å². The average Bonchev–Trinajstić information content (AvgIpc) is 2.33. The molecule has 1 fully saturated rings. The lowest BCUT2D eigenvalue weighted by Gasteiger charge is -2.38. The molecule has 2 rings (SSSR count). The van der Waals surface area contributed by atoms with Gasteiger partial charge in [0.15, 0.2) is 0 Å². The molecule has 1 aromatic rings. The van der Waals surface area contributed by atoms with Gasteiger partial charge in [0, 0.05) is 10.0 Å². The van der Waals surface area contributed by atoms with Crippen molar-refractivity contribution in [2.24, 2.45) is 4.99 Å². The molecule has 0 N–H and O–H groups in total. The number of rotatable bonds is 4. The van der Waals surface area contributed by atoms with E-state index in [2.05, 4.69) is 34.8 Å². The summed E-state index contributed by atoms with van der Waals surface area (Å²) in [7, 11) is 1.66. The molecule has 3 nitrogen and oxygen atoms in total. The summed E-state index contributed by atoms with van der Waals surface area (Å²) in [5.41, 5.74) is 1.76. The van der Waals surface area contributed by atoms with E-state index in [4.69, 9.17) is 4.74 Å². The van der Waals surface area contributed by atoms with Gasteiger partial charge in [0.1, 0.15) is 11.3 Å². The van der Waals surface area contributed by atoms with E-state index in [-0.39, 0.29) is 0 Å². The predicted molar refractivity (Wildman–Crippen MR) is 78.4 cm³/mol. The zero-order valence-corrected chi connectivity index (χ0v) is 13.1. The van der Waals surface area contributed by atoms with Crippen LogP contribution in [-0.2, 0) is 10.3 Å². The highest BCUT2D eigenvalue weighted by molar-refractivity contribution is 9.10. The maximum Gasteiger partial charge on any atom is 0.235 e. The molecule has 0 atom stereocenters. The van der Waals surface area contributed by atoms with E-state index >= 15 is 0 Å². The van der Waals surface area contributed by atoms with Crippen LogP contribution in [0.1, 0.15) is 50.2 Å². The maximum absolute atomic E-state index is 10.7. The van der Waals surface area contributed by atoms with Gasteiger partial charge in [-0.25, -0.2) is 4.79 Å². The van der Waals surface area contributed by atoms with Crippen molar-refractivity contribution in [2.75, 3.05) is 7.11 Å². The number of isocyanates is 1. The number of carbonyl (C=O) groups excluding carboxylic acids is 1. The summed E-state index contributed by atoms with van der Waals surface area (Å²) in [5.74, 6) is 1.22. The molecule has 0 amide bonds. The van der Waals surface area contributed by atoms with Gasteiger partial charge in [-0.3, -0.25) is 0 Å². The minimum absolute atomic E-state index is 0.407. The van der Waals surface area contributed by atoms with Gasteiger partial charge in [0.05, 0.1) is 7.11 Å². The molecule has 19 heavy (non-hydrogen) atoms. The summed E-state index contributed by atoms with van der Waals surface area (Å²) in [6.45, 7) is 4.28. The van der Waals surface area contributed by atoms with Crippen molar-refractivity contribution in [3.05, 3.63) is 27.7 Å². The molecule has 102 valence electrons. The largest absolute Gasteiger partial charge is 0.496 e. The van der Waals surface area contributed by atoms with Crippen LogP contribution in [0.4, 0.5) is 0 Å². The fourth-order valence-electron chi connectivity index (χ4n) is 2.58. The summed E-state index contributed by atoms with van der Waals surface area (Å²) < 4.78 is 6.56. The van der Waals surface area contributed by atoms with Crippen molar-refractivity contribution in [2.45, 2.75) is 44.6 Å². The Balaban J connectivity index is 2.57. The lowest BCUT2D eigenvalue weighted by molar-refractivity contribution is 0.246. The van der Waals surface area contributed by atoms with E-state index in [1.807, 2.05) is 12.1 Å². The molecule has 0 bridgehead atoms. The van der Waals surface area contributed by atoms with Gasteiger partial charge in [0.2, 0.25) is 6.08 Å².